The molecule has 0 heterocycles. The number of carbonyl (C=O) groups excluding carboxylic acids is 1. The van der Waals surface area contributed by atoms with Gasteiger partial charge < -0.3 is 21.1 Å². The third-order valence-electron chi connectivity index (χ3n) is 4.23. The van der Waals surface area contributed by atoms with Gasteiger partial charge in [0, 0.05) is 19.7 Å². The molecule has 2 aromatic rings. The first-order valence-electron chi connectivity index (χ1n) is 9.28. The van der Waals surface area contributed by atoms with Crippen LogP contribution in [0.5, 0.6) is 5.75 Å². The molecule has 9 heteroatoms. The predicted molar refractivity (Wildman–Crippen MR) is 124 cm³/mol. The molecule has 2 atom stereocenters. The molecule has 2 unspecified atom stereocenters. The summed E-state index contributed by atoms with van der Waals surface area (Å²) in [7, 11) is 1.60. The van der Waals surface area contributed by atoms with Gasteiger partial charge in [0.05, 0.1) is 12.5 Å². The van der Waals surface area contributed by atoms with Gasteiger partial charge in [-0.1, -0.05) is 18.2 Å². The molecule has 0 aliphatic carbocycles. The number of aliphatic imine (C=N–C) groups is 1. The van der Waals surface area contributed by atoms with Gasteiger partial charge in [0.25, 0.3) is 0 Å². The van der Waals surface area contributed by atoms with Crippen molar-refractivity contribution in [3.8, 4) is 5.75 Å². The van der Waals surface area contributed by atoms with Crippen LogP contribution in [0.3, 0.4) is 0 Å². The topological polar surface area (TPSA) is 88.7 Å². The van der Waals surface area contributed by atoms with Gasteiger partial charge >= 0.3 is 0 Å². The van der Waals surface area contributed by atoms with Crippen molar-refractivity contribution in [2.75, 3.05) is 20.1 Å². The number of carbonyl (C=O) groups is 1. The Labute approximate surface area is 192 Å². The Balaban J connectivity index is 0.00000450. The van der Waals surface area contributed by atoms with Gasteiger partial charge in [-0.25, -0.2) is 8.78 Å². The van der Waals surface area contributed by atoms with E-state index < -0.39 is 11.8 Å². The molecule has 2 rings (SSSR count). The first kappa shape index (κ1) is 25.6. The quantitative estimate of drug-likeness (QED) is 0.264. The van der Waals surface area contributed by atoms with Gasteiger partial charge in [0.1, 0.15) is 23.5 Å². The largest absolute Gasteiger partial charge is 0.489 e. The van der Waals surface area contributed by atoms with Crippen LogP contribution in [0.15, 0.2) is 53.5 Å². The van der Waals surface area contributed by atoms with E-state index in [2.05, 4.69) is 15.6 Å². The van der Waals surface area contributed by atoms with E-state index in [1.165, 1.54) is 24.3 Å². The van der Waals surface area contributed by atoms with E-state index in [0.717, 1.165) is 5.56 Å². The van der Waals surface area contributed by atoms with Gasteiger partial charge in [-0.15, -0.1) is 24.0 Å². The van der Waals surface area contributed by atoms with Crippen LogP contribution in [0, 0.1) is 17.6 Å². The highest BCUT2D eigenvalue weighted by atomic mass is 127. The number of halogens is 3. The number of amides is 1. The molecule has 0 bridgehead atoms. The van der Waals surface area contributed by atoms with Gasteiger partial charge in [-0.05, 0) is 43.2 Å². The molecule has 0 aliphatic rings. The summed E-state index contributed by atoms with van der Waals surface area (Å²) in [5, 5.41) is 6.15. The molecular formula is C21H27F2IN4O2. The minimum Gasteiger partial charge on any atom is -0.489 e. The summed E-state index contributed by atoms with van der Waals surface area (Å²) in [6.45, 7) is 2.52. The van der Waals surface area contributed by atoms with Gasteiger partial charge in [-0.3, -0.25) is 9.79 Å². The monoisotopic (exact) mass is 532 g/mol. The van der Waals surface area contributed by atoms with Gasteiger partial charge in [0.15, 0.2) is 5.96 Å². The molecule has 0 spiro atoms. The van der Waals surface area contributed by atoms with Crippen LogP contribution in [0.2, 0.25) is 0 Å². The molecule has 0 saturated carbocycles. The van der Waals surface area contributed by atoms with E-state index in [9.17, 15) is 13.6 Å². The number of guanidine groups is 1. The molecule has 1 amide bonds. The van der Waals surface area contributed by atoms with Crippen molar-refractivity contribution in [1.82, 2.24) is 10.6 Å². The molecule has 0 fully saturated rings. The highest BCUT2D eigenvalue weighted by molar-refractivity contribution is 14.0. The number of benzene rings is 2. The zero-order chi connectivity index (χ0) is 21.2. The molecule has 0 saturated heterocycles. The van der Waals surface area contributed by atoms with Crippen molar-refractivity contribution in [3.05, 3.63) is 65.7 Å². The average molecular weight is 532 g/mol. The van der Waals surface area contributed by atoms with Crippen molar-refractivity contribution in [3.63, 3.8) is 0 Å². The fraction of sp³-hybridized carbons (Fsp3) is 0.333. The Morgan fingerprint density at radius 3 is 2.37 bits per heavy atom. The highest BCUT2D eigenvalue weighted by Crippen LogP contribution is 2.13. The molecule has 30 heavy (non-hydrogen) atoms. The van der Waals surface area contributed by atoms with Crippen LogP contribution in [-0.4, -0.2) is 38.1 Å². The van der Waals surface area contributed by atoms with Gasteiger partial charge in [0.2, 0.25) is 5.91 Å². The van der Waals surface area contributed by atoms with Crippen LogP contribution >= 0.6 is 24.0 Å². The van der Waals surface area contributed by atoms with E-state index in [1.54, 1.807) is 31.3 Å². The molecule has 2 aromatic carbocycles. The number of hydrogen-bond donors (Lipinski definition) is 3. The second-order valence-electron chi connectivity index (χ2n) is 6.65. The Kier molecular flexibility index (Phi) is 11.1. The number of primary amides is 1. The smallest absolute Gasteiger partial charge is 0.222 e. The molecule has 0 aliphatic heterocycles. The number of nitrogens with zero attached hydrogens (tertiary/aromatic N) is 1. The molecule has 0 radical (unpaired) electrons. The fourth-order valence-corrected chi connectivity index (χ4v) is 2.67. The maximum absolute atomic E-state index is 13.2. The first-order valence-corrected chi connectivity index (χ1v) is 9.28. The second-order valence-corrected chi connectivity index (χ2v) is 6.65. The van der Waals surface area contributed by atoms with Crippen LogP contribution in [0.4, 0.5) is 8.78 Å². The van der Waals surface area contributed by atoms with E-state index in [-0.39, 0.29) is 48.3 Å². The molecule has 4 N–H and O–H groups in total. The second kappa shape index (κ2) is 13.0. The highest BCUT2D eigenvalue weighted by Gasteiger charge is 2.17. The Morgan fingerprint density at radius 1 is 1.10 bits per heavy atom. The van der Waals surface area contributed by atoms with Gasteiger partial charge in [-0.2, -0.15) is 0 Å². The summed E-state index contributed by atoms with van der Waals surface area (Å²) in [5.41, 5.74) is 6.32. The molecule has 0 aromatic heterocycles. The summed E-state index contributed by atoms with van der Waals surface area (Å²) in [6.07, 6.45) is 0.139. The third-order valence-corrected chi connectivity index (χ3v) is 4.23. The van der Waals surface area contributed by atoms with E-state index in [0.29, 0.717) is 24.7 Å². The SMILES string of the molecule is CN=C(NCC(C)Oc1cccc(F)c1)NCC(Cc1ccc(F)cc1)C(N)=O.I. The van der Waals surface area contributed by atoms with Crippen LogP contribution in [0.1, 0.15) is 12.5 Å². The van der Waals surface area contributed by atoms with Crippen molar-refractivity contribution < 1.29 is 18.3 Å². The van der Waals surface area contributed by atoms with Crippen molar-refractivity contribution in [2.24, 2.45) is 16.6 Å². The summed E-state index contributed by atoms with van der Waals surface area (Å²) < 4.78 is 31.9. The lowest BCUT2D eigenvalue weighted by molar-refractivity contribution is -0.121. The molecule has 6 nitrogen and oxygen atoms in total. The zero-order valence-corrected chi connectivity index (χ0v) is 19.2. The minimum absolute atomic E-state index is 0. The van der Waals surface area contributed by atoms with E-state index in [4.69, 9.17) is 10.5 Å². The fourth-order valence-electron chi connectivity index (χ4n) is 2.67. The standard InChI is InChI=1S/C21H26F2N4O2.HI/c1-14(29-19-5-3-4-18(23)11-19)12-26-21(25-2)27-13-16(20(24)28)10-15-6-8-17(22)9-7-15;/h3-9,11,14,16H,10,12-13H2,1-2H3,(H2,24,28)(H2,25,26,27);1H. The lowest BCUT2D eigenvalue weighted by Crippen LogP contribution is -2.45. The number of ether oxygens (including phenoxy) is 1. The Bertz CT molecular complexity index is 834. The average Bonchev–Trinajstić information content (AvgIpc) is 2.68. The van der Waals surface area contributed by atoms with Crippen LogP contribution < -0.4 is 21.1 Å². The summed E-state index contributed by atoms with van der Waals surface area (Å²) >= 11 is 0. The normalized spacial score (nSPS) is 13.0. The number of nitrogens with two attached hydrogens (primary N) is 1. The summed E-state index contributed by atoms with van der Waals surface area (Å²) in [4.78, 5) is 15.9. The predicted octanol–water partition coefficient (Wildman–Crippen LogP) is 2.86. The summed E-state index contributed by atoms with van der Waals surface area (Å²) in [5.74, 6) is -0.721. The number of hydrogen-bond acceptors (Lipinski definition) is 3. The van der Waals surface area contributed by atoms with Crippen LogP contribution in [0.25, 0.3) is 0 Å². The third kappa shape index (κ3) is 8.93. The lowest BCUT2D eigenvalue weighted by Gasteiger charge is -2.20. The van der Waals surface area contributed by atoms with Crippen LogP contribution in [-0.2, 0) is 11.2 Å². The van der Waals surface area contributed by atoms with E-state index >= 15 is 0 Å². The summed E-state index contributed by atoms with van der Waals surface area (Å²) in [6, 6.07) is 11.9. The first-order chi connectivity index (χ1) is 13.9. The zero-order valence-electron chi connectivity index (χ0n) is 16.9. The van der Waals surface area contributed by atoms with Crippen molar-refractivity contribution in [1.29, 1.82) is 0 Å². The molecular weight excluding hydrogens is 505 g/mol. The minimum atomic E-state index is -0.486. The lowest BCUT2D eigenvalue weighted by atomic mass is 9.98. The number of rotatable bonds is 9. The number of nitrogens with one attached hydrogen (secondary N) is 2. The molecule has 164 valence electrons. The maximum Gasteiger partial charge on any atom is 0.222 e. The van der Waals surface area contributed by atoms with E-state index in [1.807, 2.05) is 6.92 Å². The maximum atomic E-state index is 13.2. The van der Waals surface area contributed by atoms with Crippen molar-refractivity contribution >= 4 is 35.8 Å². The Morgan fingerprint density at radius 2 is 1.77 bits per heavy atom. The van der Waals surface area contributed by atoms with Crippen molar-refractivity contribution in [2.45, 2.75) is 19.4 Å². The Hall–Kier alpha value is -2.43.